The van der Waals surface area contributed by atoms with Crippen LogP contribution in [-0.4, -0.2) is 44.9 Å². The fourth-order valence-electron chi connectivity index (χ4n) is 3.07. The van der Waals surface area contributed by atoms with E-state index in [4.69, 9.17) is 9.26 Å². The van der Waals surface area contributed by atoms with E-state index in [-0.39, 0.29) is 30.2 Å². The van der Waals surface area contributed by atoms with Gasteiger partial charge in [0.05, 0.1) is 23.7 Å². The molecule has 0 aliphatic carbocycles. The lowest BCUT2D eigenvalue weighted by Gasteiger charge is -2.08. The highest BCUT2D eigenvalue weighted by Gasteiger charge is 2.22. The van der Waals surface area contributed by atoms with Gasteiger partial charge in [-0.3, -0.25) is 4.79 Å². The van der Waals surface area contributed by atoms with E-state index in [9.17, 15) is 13.6 Å². The van der Waals surface area contributed by atoms with Gasteiger partial charge in [-0.1, -0.05) is 17.3 Å². The number of nitrogens with one attached hydrogen (secondary N) is 1. The number of benzene rings is 1. The van der Waals surface area contributed by atoms with Gasteiger partial charge in [-0.2, -0.15) is 4.98 Å². The summed E-state index contributed by atoms with van der Waals surface area (Å²) in [6.07, 6.45) is -0.906. The van der Waals surface area contributed by atoms with Crippen LogP contribution in [-0.2, 0) is 11.3 Å². The summed E-state index contributed by atoms with van der Waals surface area (Å²) in [5.74, 6) is -1.01. The SMILES string of the molecule is O=C(NC[C@@H]1CCCO1)c1nc(Cn2c(C(F)F)nc3ccccc32)no1. The first-order chi connectivity index (χ1) is 13.1. The number of para-hydroxylation sites is 2. The van der Waals surface area contributed by atoms with Crippen LogP contribution in [0.2, 0.25) is 0 Å². The van der Waals surface area contributed by atoms with Crippen LogP contribution in [0.25, 0.3) is 11.0 Å². The molecule has 1 atom stereocenters. The smallest absolute Gasteiger partial charge is 0.316 e. The summed E-state index contributed by atoms with van der Waals surface area (Å²) in [4.78, 5) is 20.1. The number of aromatic nitrogens is 4. The van der Waals surface area contributed by atoms with E-state index >= 15 is 0 Å². The topological polar surface area (TPSA) is 95.1 Å². The maximum atomic E-state index is 13.3. The lowest BCUT2D eigenvalue weighted by atomic mass is 10.2. The Balaban J connectivity index is 1.50. The Labute approximate surface area is 152 Å². The van der Waals surface area contributed by atoms with Gasteiger partial charge in [0, 0.05) is 13.2 Å². The predicted octanol–water partition coefficient (Wildman–Crippen LogP) is 2.31. The van der Waals surface area contributed by atoms with Crippen molar-refractivity contribution in [2.75, 3.05) is 13.2 Å². The van der Waals surface area contributed by atoms with Crippen LogP contribution >= 0.6 is 0 Å². The molecule has 1 aliphatic heterocycles. The second kappa shape index (κ2) is 7.39. The summed E-state index contributed by atoms with van der Waals surface area (Å²) in [6.45, 7) is 0.970. The van der Waals surface area contributed by atoms with Crippen molar-refractivity contribution in [3.8, 4) is 0 Å². The Morgan fingerprint density at radius 3 is 2.96 bits per heavy atom. The summed E-state index contributed by atoms with van der Waals surface area (Å²) in [6, 6.07) is 6.79. The molecule has 3 aromatic rings. The Kier molecular flexibility index (Phi) is 4.80. The van der Waals surface area contributed by atoms with E-state index in [2.05, 4.69) is 20.4 Å². The van der Waals surface area contributed by atoms with Gasteiger partial charge >= 0.3 is 11.8 Å². The molecule has 0 spiro atoms. The molecule has 142 valence electrons. The molecule has 1 aromatic carbocycles. The lowest BCUT2D eigenvalue weighted by Crippen LogP contribution is -2.31. The minimum atomic E-state index is -2.75. The maximum absolute atomic E-state index is 13.3. The van der Waals surface area contributed by atoms with Gasteiger partial charge in [-0.15, -0.1) is 0 Å². The Morgan fingerprint density at radius 1 is 1.33 bits per heavy atom. The van der Waals surface area contributed by atoms with Crippen molar-refractivity contribution in [3.63, 3.8) is 0 Å². The van der Waals surface area contributed by atoms with Gasteiger partial charge in [0.2, 0.25) is 0 Å². The molecule has 27 heavy (non-hydrogen) atoms. The van der Waals surface area contributed by atoms with E-state index in [1.807, 2.05) is 0 Å². The predicted molar refractivity (Wildman–Crippen MR) is 89.4 cm³/mol. The number of carbonyl (C=O) groups excluding carboxylic acids is 1. The fraction of sp³-hybridized carbons (Fsp3) is 0.412. The molecule has 0 radical (unpaired) electrons. The maximum Gasteiger partial charge on any atom is 0.316 e. The average Bonchev–Trinajstić information content (AvgIpc) is 3.40. The first-order valence-electron chi connectivity index (χ1n) is 8.57. The molecule has 1 aliphatic rings. The normalized spacial score (nSPS) is 17.1. The lowest BCUT2D eigenvalue weighted by molar-refractivity contribution is 0.0822. The van der Waals surface area contributed by atoms with Crippen molar-refractivity contribution in [3.05, 3.63) is 41.8 Å². The number of halogens is 2. The molecule has 4 rings (SSSR count). The summed E-state index contributed by atoms with van der Waals surface area (Å²) >= 11 is 0. The van der Waals surface area contributed by atoms with Crippen LogP contribution in [0.4, 0.5) is 8.78 Å². The summed E-state index contributed by atoms with van der Waals surface area (Å²) in [5.41, 5.74) is 0.979. The molecule has 3 heterocycles. The van der Waals surface area contributed by atoms with E-state index in [0.717, 1.165) is 12.8 Å². The molecular weight excluding hydrogens is 360 g/mol. The number of imidazole rings is 1. The molecule has 8 nitrogen and oxygen atoms in total. The summed E-state index contributed by atoms with van der Waals surface area (Å²) in [5, 5.41) is 6.40. The third-order valence-corrected chi connectivity index (χ3v) is 4.36. The fourth-order valence-corrected chi connectivity index (χ4v) is 3.07. The van der Waals surface area contributed by atoms with E-state index < -0.39 is 12.3 Å². The zero-order valence-electron chi connectivity index (χ0n) is 14.3. The second-order valence-corrected chi connectivity index (χ2v) is 6.21. The molecule has 2 aromatic heterocycles. The number of hydrogen-bond donors (Lipinski definition) is 1. The molecule has 0 bridgehead atoms. The highest BCUT2D eigenvalue weighted by atomic mass is 19.3. The molecule has 1 N–H and O–H groups in total. The summed E-state index contributed by atoms with van der Waals surface area (Å²) < 4.78 is 38.4. The molecule has 10 heteroatoms. The van der Waals surface area contributed by atoms with Crippen LogP contribution in [0.15, 0.2) is 28.8 Å². The quantitative estimate of drug-likeness (QED) is 0.708. The zero-order valence-corrected chi connectivity index (χ0v) is 14.3. The van der Waals surface area contributed by atoms with Crippen molar-refractivity contribution in [2.45, 2.75) is 31.9 Å². The monoisotopic (exact) mass is 377 g/mol. The number of alkyl halides is 2. The number of carbonyl (C=O) groups is 1. The number of rotatable bonds is 6. The van der Waals surface area contributed by atoms with Gasteiger partial charge in [0.15, 0.2) is 11.6 Å². The molecule has 1 fully saturated rings. The van der Waals surface area contributed by atoms with Gasteiger partial charge in [0.1, 0.15) is 0 Å². The minimum absolute atomic E-state index is 0.0118. The van der Waals surface area contributed by atoms with Gasteiger partial charge in [-0.25, -0.2) is 13.8 Å². The third-order valence-electron chi connectivity index (χ3n) is 4.36. The minimum Gasteiger partial charge on any atom is -0.376 e. The Bertz CT molecular complexity index is 949. The highest BCUT2D eigenvalue weighted by Crippen LogP contribution is 2.24. The molecule has 1 saturated heterocycles. The Hall–Kier alpha value is -2.88. The number of nitrogens with zero attached hydrogens (tertiary/aromatic N) is 4. The van der Waals surface area contributed by atoms with Crippen molar-refractivity contribution < 1.29 is 22.8 Å². The second-order valence-electron chi connectivity index (χ2n) is 6.21. The highest BCUT2D eigenvalue weighted by molar-refractivity contribution is 5.89. The van der Waals surface area contributed by atoms with Crippen molar-refractivity contribution >= 4 is 16.9 Å². The number of ether oxygens (including phenoxy) is 1. The van der Waals surface area contributed by atoms with Crippen molar-refractivity contribution in [2.24, 2.45) is 0 Å². The van der Waals surface area contributed by atoms with Crippen molar-refractivity contribution in [1.29, 1.82) is 0 Å². The van der Waals surface area contributed by atoms with Crippen LogP contribution in [0.1, 0.15) is 41.6 Å². The number of amides is 1. The summed E-state index contributed by atoms with van der Waals surface area (Å²) in [7, 11) is 0. The first-order valence-corrected chi connectivity index (χ1v) is 8.57. The Morgan fingerprint density at radius 2 is 2.19 bits per heavy atom. The van der Waals surface area contributed by atoms with Crippen LogP contribution in [0.3, 0.4) is 0 Å². The largest absolute Gasteiger partial charge is 0.376 e. The van der Waals surface area contributed by atoms with Crippen LogP contribution < -0.4 is 5.32 Å². The zero-order chi connectivity index (χ0) is 18.8. The van der Waals surface area contributed by atoms with Gasteiger partial charge in [-0.05, 0) is 25.0 Å². The third kappa shape index (κ3) is 3.65. The van der Waals surface area contributed by atoms with Crippen LogP contribution in [0, 0.1) is 0 Å². The molecule has 0 saturated carbocycles. The molecule has 0 unspecified atom stereocenters. The van der Waals surface area contributed by atoms with Crippen molar-refractivity contribution in [1.82, 2.24) is 25.0 Å². The molecule has 1 amide bonds. The number of fused-ring (bicyclic) bond motifs is 1. The van der Waals surface area contributed by atoms with E-state index in [0.29, 0.717) is 24.2 Å². The van der Waals surface area contributed by atoms with Gasteiger partial charge < -0.3 is 19.1 Å². The molecular formula is C17H17F2N5O3. The first kappa shape index (κ1) is 17.5. The van der Waals surface area contributed by atoms with Crippen LogP contribution in [0.5, 0.6) is 0 Å². The average molecular weight is 377 g/mol. The number of hydrogen-bond acceptors (Lipinski definition) is 6. The van der Waals surface area contributed by atoms with E-state index in [1.165, 1.54) is 4.57 Å². The van der Waals surface area contributed by atoms with E-state index in [1.54, 1.807) is 24.3 Å². The van der Waals surface area contributed by atoms with Gasteiger partial charge in [0.25, 0.3) is 6.43 Å². The standard InChI is InChI=1S/C17H17F2N5O3/c18-14(19)15-21-11-5-1-2-6-12(11)24(15)9-13-22-17(27-23-13)16(25)20-8-10-4-3-7-26-10/h1-2,5-6,10,14H,3-4,7-9H2,(H,20,25)/t10-/m0/s1.